The van der Waals surface area contributed by atoms with Gasteiger partial charge in [-0.3, -0.25) is 0 Å². The Kier molecular flexibility index (Phi) is 4.79. The van der Waals surface area contributed by atoms with E-state index in [-0.39, 0.29) is 16.5 Å². The van der Waals surface area contributed by atoms with E-state index < -0.39 is 19.9 Å². The molecule has 0 saturated carbocycles. The van der Waals surface area contributed by atoms with Crippen molar-refractivity contribution in [1.29, 1.82) is 0 Å². The third kappa shape index (κ3) is 4.02. The third-order valence-electron chi connectivity index (χ3n) is 2.07. The summed E-state index contributed by atoms with van der Waals surface area (Å²) in [4.78, 5) is 3.56. The molecule has 0 fully saturated rings. The van der Waals surface area contributed by atoms with Crippen LogP contribution in [0.3, 0.4) is 0 Å². The van der Waals surface area contributed by atoms with Gasteiger partial charge in [-0.25, -0.2) is 26.5 Å². The highest BCUT2D eigenvalue weighted by Gasteiger charge is 2.15. The molecule has 0 atom stereocenters. The Hall–Kier alpha value is -1.03. The smallest absolute Gasteiger partial charge is 0.242 e. The van der Waals surface area contributed by atoms with Gasteiger partial charge in [0.25, 0.3) is 0 Å². The zero-order chi connectivity index (χ0) is 13.8. The summed E-state index contributed by atoms with van der Waals surface area (Å²) in [5.41, 5.74) is 0. The van der Waals surface area contributed by atoms with Gasteiger partial charge in [0.1, 0.15) is 4.90 Å². The molecule has 1 aromatic heterocycles. The summed E-state index contributed by atoms with van der Waals surface area (Å²) in [6.45, 7) is 0.737. The van der Waals surface area contributed by atoms with Gasteiger partial charge in [-0.1, -0.05) is 0 Å². The molecule has 0 spiro atoms. The number of pyridine rings is 1. The maximum atomic E-state index is 11.7. The van der Waals surface area contributed by atoms with Crippen molar-refractivity contribution >= 4 is 19.9 Å². The summed E-state index contributed by atoms with van der Waals surface area (Å²) in [6.07, 6.45) is 2.03. The lowest BCUT2D eigenvalue weighted by molar-refractivity contribution is 0.577. The van der Waals surface area contributed by atoms with E-state index in [0.29, 0.717) is 6.54 Å². The molecule has 0 radical (unpaired) electrons. The highest BCUT2D eigenvalue weighted by molar-refractivity contribution is 7.90. The van der Waals surface area contributed by atoms with Crippen LogP contribution in [-0.2, 0) is 19.9 Å². The van der Waals surface area contributed by atoms with Crippen molar-refractivity contribution in [2.45, 2.75) is 9.92 Å². The molecular weight excluding hydrogens is 278 g/mol. The van der Waals surface area contributed by atoms with Crippen LogP contribution in [0, 0.1) is 0 Å². The second kappa shape index (κ2) is 5.74. The summed E-state index contributed by atoms with van der Waals surface area (Å²) < 4.78 is 48.2. The fourth-order valence-electron chi connectivity index (χ4n) is 1.14. The molecule has 2 N–H and O–H groups in total. The van der Waals surface area contributed by atoms with Crippen LogP contribution in [0.15, 0.2) is 28.3 Å². The molecule has 1 rings (SSSR count). The topological polar surface area (TPSA) is 105 Å². The molecule has 1 aromatic rings. The highest BCUT2D eigenvalue weighted by atomic mass is 32.2. The molecule has 0 aliphatic heterocycles. The lowest BCUT2D eigenvalue weighted by Gasteiger charge is -2.06. The first-order chi connectivity index (χ1) is 8.27. The molecule has 102 valence electrons. The average Bonchev–Trinajstić information content (AvgIpc) is 2.28. The van der Waals surface area contributed by atoms with Gasteiger partial charge in [0.05, 0.1) is 0 Å². The maximum Gasteiger partial charge on any atom is 0.242 e. The quantitative estimate of drug-likeness (QED) is 0.651. The zero-order valence-corrected chi connectivity index (χ0v) is 11.7. The number of likely N-dealkylation sites (N-methyl/N-ethyl adjacent to an activating group) is 1. The lowest BCUT2D eigenvalue weighted by Crippen LogP contribution is -2.30. The molecule has 0 aliphatic rings. The van der Waals surface area contributed by atoms with Gasteiger partial charge in [-0.05, 0) is 19.2 Å². The first kappa shape index (κ1) is 15.0. The zero-order valence-electron chi connectivity index (χ0n) is 10.0. The van der Waals surface area contributed by atoms with Gasteiger partial charge < -0.3 is 5.32 Å². The summed E-state index contributed by atoms with van der Waals surface area (Å²) in [7, 11) is -5.36. The van der Waals surface area contributed by atoms with Gasteiger partial charge in [0, 0.05) is 25.5 Å². The van der Waals surface area contributed by atoms with Crippen LogP contribution in [0.5, 0.6) is 0 Å². The normalized spacial score (nSPS) is 12.6. The van der Waals surface area contributed by atoms with Crippen molar-refractivity contribution < 1.29 is 16.8 Å². The largest absolute Gasteiger partial charge is 0.318 e. The van der Waals surface area contributed by atoms with E-state index >= 15 is 0 Å². The van der Waals surface area contributed by atoms with Crippen LogP contribution in [0.1, 0.15) is 0 Å². The monoisotopic (exact) mass is 293 g/mol. The molecule has 9 heteroatoms. The number of rotatable bonds is 6. The molecule has 7 nitrogen and oxygen atoms in total. The van der Waals surface area contributed by atoms with E-state index in [2.05, 4.69) is 15.0 Å². The SMILES string of the molecule is CNCCNS(=O)(=O)c1ccc(S(C)(=O)=O)nc1. The van der Waals surface area contributed by atoms with Gasteiger partial charge >= 0.3 is 0 Å². The minimum absolute atomic E-state index is 0.0639. The molecule has 1 heterocycles. The van der Waals surface area contributed by atoms with E-state index in [1.165, 1.54) is 12.1 Å². The Labute approximate surface area is 107 Å². The Morgan fingerprint density at radius 3 is 2.28 bits per heavy atom. The van der Waals surface area contributed by atoms with E-state index in [1.807, 2.05) is 0 Å². The second-order valence-electron chi connectivity index (χ2n) is 3.61. The third-order valence-corrected chi connectivity index (χ3v) is 4.51. The standard InChI is InChI=1S/C9H15N3O4S2/c1-10-5-6-12-18(15,16)8-3-4-9(11-7-8)17(2,13)14/h3-4,7,10,12H,5-6H2,1-2H3. The van der Waals surface area contributed by atoms with Gasteiger partial charge in [0.2, 0.25) is 10.0 Å². The van der Waals surface area contributed by atoms with Crippen molar-refractivity contribution in [2.75, 3.05) is 26.4 Å². The number of hydrogen-bond donors (Lipinski definition) is 2. The highest BCUT2D eigenvalue weighted by Crippen LogP contribution is 2.10. The maximum absolute atomic E-state index is 11.7. The van der Waals surface area contributed by atoms with Crippen molar-refractivity contribution in [1.82, 2.24) is 15.0 Å². The number of nitrogens with zero attached hydrogens (tertiary/aromatic N) is 1. The average molecular weight is 293 g/mol. The number of sulfone groups is 1. The van der Waals surface area contributed by atoms with Crippen LogP contribution in [0.4, 0.5) is 0 Å². The first-order valence-electron chi connectivity index (χ1n) is 5.08. The molecule has 0 saturated heterocycles. The number of hydrogen-bond acceptors (Lipinski definition) is 6. The Balaban J connectivity index is 2.91. The van der Waals surface area contributed by atoms with Crippen LogP contribution in [0.25, 0.3) is 0 Å². The van der Waals surface area contributed by atoms with Gasteiger partial charge in [0.15, 0.2) is 14.9 Å². The van der Waals surface area contributed by atoms with Crippen molar-refractivity contribution in [3.8, 4) is 0 Å². The molecule has 0 aliphatic carbocycles. The fraction of sp³-hybridized carbons (Fsp3) is 0.444. The molecule has 18 heavy (non-hydrogen) atoms. The summed E-state index contributed by atoms with van der Waals surface area (Å²) in [5.74, 6) is 0. The summed E-state index contributed by atoms with van der Waals surface area (Å²) in [5, 5.41) is 2.64. The van der Waals surface area contributed by atoms with Crippen LogP contribution in [0.2, 0.25) is 0 Å². The predicted molar refractivity (Wildman–Crippen MR) is 66.5 cm³/mol. The Morgan fingerprint density at radius 2 is 1.83 bits per heavy atom. The van der Waals surface area contributed by atoms with Crippen LogP contribution < -0.4 is 10.0 Å². The van der Waals surface area contributed by atoms with Gasteiger partial charge in [-0.2, -0.15) is 0 Å². The minimum Gasteiger partial charge on any atom is -0.318 e. The lowest BCUT2D eigenvalue weighted by atomic mass is 10.5. The number of nitrogens with one attached hydrogen (secondary N) is 2. The molecule has 0 unspecified atom stereocenters. The first-order valence-corrected chi connectivity index (χ1v) is 8.45. The van der Waals surface area contributed by atoms with Crippen LogP contribution in [-0.4, -0.2) is 48.2 Å². The fourth-order valence-corrected chi connectivity index (χ4v) is 2.67. The van der Waals surface area contributed by atoms with E-state index in [1.54, 1.807) is 7.05 Å². The van der Waals surface area contributed by atoms with Crippen molar-refractivity contribution in [2.24, 2.45) is 0 Å². The molecular formula is C9H15N3O4S2. The van der Waals surface area contributed by atoms with Crippen LogP contribution >= 0.6 is 0 Å². The summed E-state index contributed by atoms with van der Waals surface area (Å²) >= 11 is 0. The predicted octanol–water partition coefficient (Wildman–Crippen LogP) is -1.02. The van der Waals surface area contributed by atoms with Crippen molar-refractivity contribution in [3.05, 3.63) is 18.3 Å². The number of aromatic nitrogens is 1. The van der Waals surface area contributed by atoms with Gasteiger partial charge in [-0.15, -0.1) is 0 Å². The Bertz CT molecular complexity index is 593. The second-order valence-corrected chi connectivity index (χ2v) is 7.34. The molecule has 0 bridgehead atoms. The molecule has 0 aromatic carbocycles. The van der Waals surface area contributed by atoms with E-state index in [0.717, 1.165) is 12.5 Å². The Morgan fingerprint density at radius 1 is 1.17 bits per heavy atom. The van der Waals surface area contributed by atoms with E-state index in [4.69, 9.17) is 0 Å². The summed E-state index contributed by atoms with van der Waals surface area (Å²) in [6, 6.07) is 2.38. The van der Waals surface area contributed by atoms with E-state index in [9.17, 15) is 16.8 Å². The molecule has 0 amide bonds. The van der Waals surface area contributed by atoms with Crippen molar-refractivity contribution in [3.63, 3.8) is 0 Å². The minimum atomic E-state index is -3.64. The number of sulfonamides is 1.